The van der Waals surface area contributed by atoms with Gasteiger partial charge in [-0.25, -0.2) is 5.01 Å². The van der Waals surface area contributed by atoms with Crippen LogP contribution in [-0.2, 0) is 4.79 Å². The van der Waals surface area contributed by atoms with Crippen molar-refractivity contribution in [2.24, 2.45) is 5.10 Å². The zero-order valence-corrected chi connectivity index (χ0v) is 13.9. The van der Waals surface area contributed by atoms with E-state index in [2.05, 4.69) is 16.2 Å². The lowest BCUT2D eigenvalue weighted by Crippen LogP contribution is -2.24. The van der Waals surface area contributed by atoms with Crippen molar-refractivity contribution in [2.75, 3.05) is 0 Å². The molecule has 0 fully saturated rings. The monoisotopic (exact) mass is 337 g/mol. The van der Waals surface area contributed by atoms with Crippen LogP contribution in [0.1, 0.15) is 30.5 Å². The second kappa shape index (κ2) is 5.80. The highest BCUT2D eigenvalue weighted by atomic mass is 35.5. The van der Waals surface area contributed by atoms with E-state index in [-0.39, 0.29) is 11.9 Å². The molecule has 24 heavy (non-hydrogen) atoms. The van der Waals surface area contributed by atoms with Crippen LogP contribution >= 0.6 is 11.6 Å². The summed E-state index contributed by atoms with van der Waals surface area (Å²) >= 11 is 6.31. The van der Waals surface area contributed by atoms with Gasteiger partial charge in [-0.2, -0.15) is 5.10 Å². The highest BCUT2D eigenvalue weighted by molar-refractivity contribution is 6.34. The average Bonchev–Trinajstić information content (AvgIpc) is 3.22. The van der Waals surface area contributed by atoms with Gasteiger partial charge in [0.05, 0.1) is 11.8 Å². The highest BCUT2D eigenvalue weighted by Crippen LogP contribution is 2.37. The lowest BCUT2D eigenvalue weighted by Gasteiger charge is -2.21. The largest absolute Gasteiger partial charge is 0.361 e. The molecule has 2 aromatic carbocycles. The fourth-order valence-corrected chi connectivity index (χ4v) is 3.55. The predicted molar refractivity (Wildman–Crippen MR) is 96.2 cm³/mol. The third kappa shape index (κ3) is 2.39. The Morgan fingerprint density at radius 1 is 1.21 bits per heavy atom. The minimum atomic E-state index is -0.117. The van der Waals surface area contributed by atoms with Crippen LogP contribution in [0, 0.1) is 0 Å². The number of fused-ring (bicyclic) bond motifs is 1. The molecule has 2 heterocycles. The first-order valence-corrected chi connectivity index (χ1v) is 8.21. The van der Waals surface area contributed by atoms with E-state index in [1.54, 1.807) is 11.9 Å². The molecule has 120 valence electrons. The number of hydrogen-bond acceptors (Lipinski definition) is 2. The van der Waals surface area contributed by atoms with Gasteiger partial charge in [0.25, 0.3) is 0 Å². The van der Waals surface area contributed by atoms with Gasteiger partial charge < -0.3 is 4.98 Å². The molecule has 1 aliphatic rings. The van der Waals surface area contributed by atoms with E-state index >= 15 is 0 Å². The number of aromatic nitrogens is 1. The van der Waals surface area contributed by atoms with Gasteiger partial charge in [-0.3, -0.25) is 4.79 Å². The molecule has 0 radical (unpaired) electrons. The summed E-state index contributed by atoms with van der Waals surface area (Å²) in [6, 6.07) is 15.6. The van der Waals surface area contributed by atoms with Crippen molar-refractivity contribution in [3.05, 3.63) is 70.9 Å². The van der Waals surface area contributed by atoms with Gasteiger partial charge in [0.1, 0.15) is 0 Å². The van der Waals surface area contributed by atoms with Crippen LogP contribution in [0.4, 0.5) is 0 Å². The Balaban J connectivity index is 1.79. The number of halogens is 1. The minimum absolute atomic E-state index is 0.0745. The van der Waals surface area contributed by atoms with Gasteiger partial charge in [-0.15, -0.1) is 0 Å². The number of hydrazone groups is 1. The summed E-state index contributed by atoms with van der Waals surface area (Å²) in [7, 11) is 0. The molecule has 1 amide bonds. The van der Waals surface area contributed by atoms with E-state index in [9.17, 15) is 4.79 Å². The van der Waals surface area contributed by atoms with Gasteiger partial charge in [0.2, 0.25) is 5.91 Å². The zero-order chi connectivity index (χ0) is 16.7. The Kier molecular flexibility index (Phi) is 3.62. The molecule has 1 aliphatic heterocycles. The molecule has 3 aromatic rings. The number of aromatic amines is 1. The maximum Gasteiger partial charge on any atom is 0.240 e. The summed E-state index contributed by atoms with van der Waals surface area (Å²) in [5, 5.41) is 7.91. The van der Waals surface area contributed by atoms with E-state index in [0.29, 0.717) is 11.4 Å². The standard InChI is InChI=1S/C19H16ClN3O/c1-12(24)23-19(14-6-4-8-17-13(14)9-10-21-17)11-18(22-23)15-5-2-3-7-16(15)20/h2-10,19,21H,11H2,1H3. The number of hydrogen-bond donors (Lipinski definition) is 1. The predicted octanol–water partition coefficient (Wildman–Crippen LogP) is 4.52. The molecule has 0 spiro atoms. The van der Waals surface area contributed by atoms with Crippen LogP contribution in [0.5, 0.6) is 0 Å². The number of carbonyl (C=O) groups excluding carboxylic acids is 1. The number of H-pyrrole nitrogens is 1. The van der Waals surface area contributed by atoms with Crippen LogP contribution in [0.25, 0.3) is 10.9 Å². The molecule has 1 aromatic heterocycles. The molecule has 0 aliphatic carbocycles. The van der Waals surface area contributed by atoms with Crippen molar-refractivity contribution < 1.29 is 4.79 Å². The lowest BCUT2D eigenvalue weighted by molar-refractivity contribution is -0.130. The maximum atomic E-state index is 12.1. The quantitative estimate of drug-likeness (QED) is 0.734. The SMILES string of the molecule is CC(=O)N1N=C(c2ccccc2Cl)CC1c1cccc2[nH]ccc12. The van der Waals surface area contributed by atoms with E-state index < -0.39 is 0 Å². The van der Waals surface area contributed by atoms with Crippen molar-refractivity contribution in [3.8, 4) is 0 Å². The second-order valence-electron chi connectivity index (χ2n) is 5.90. The van der Waals surface area contributed by atoms with Gasteiger partial charge in [0.15, 0.2) is 0 Å². The number of benzene rings is 2. The summed E-state index contributed by atoms with van der Waals surface area (Å²) in [4.78, 5) is 15.4. The highest BCUT2D eigenvalue weighted by Gasteiger charge is 2.32. The Morgan fingerprint density at radius 3 is 2.83 bits per heavy atom. The maximum absolute atomic E-state index is 12.1. The number of nitrogens with zero attached hydrogens (tertiary/aromatic N) is 2. The molecule has 5 heteroatoms. The first kappa shape index (κ1) is 15.0. The lowest BCUT2D eigenvalue weighted by atomic mass is 9.96. The van der Waals surface area contributed by atoms with Crippen molar-refractivity contribution in [1.82, 2.24) is 9.99 Å². The van der Waals surface area contributed by atoms with Crippen molar-refractivity contribution in [1.29, 1.82) is 0 Å². The van der Waals surface area contributed by atoms with Crippen LogP contribution in [0.15, 0.2) is 59.8 Å². The number of nitrogens with one attached hydrogen (secondary N) is 1. The zero-order valence-electron chi connectivity index (χ0n) is 13.2. The number of amides is 1. The van der Waals surface area contributed by atoms with Gasteiger partial charge in [0, 0.05) is 41.0 Å². The minimum Gasteiger partial charge on any atom is -0.361 e. The summed E-state index contributed by atoms with van der Waals surface area (Å²) in [5.41, 5.74) is 3.87. The summed E-state index contributed by atoms with van der Waals surface area (Å²) < 4.78 is 0. The van der Waals surface area contributed by atoms with E-state index in [4.69, 9.17) is 11.6 Å². The van der Waals surface area contributed by atoms with Crippen LogP contribution in [0.3, 0.4) is 0 Å². The molecule has 4 nitrogen and oxygen atoms in total. The molecule has 0 bridgehead atoms. The molecule has 4 rings (SSSR count). The molecule has 0 saturated carbocycles. The fourth-order valence-electron chi connectivity index (χ4n) is 3.30. The molecular weight excluding hydrogens is 322 g/mol. The normalized spacial score (nSPS) is 17.3. The molecule has 0 saturated heterocycles. The Morgan fingerprint density at radius 2 is 2.04 bits per heavy atom. The first-order valence-electron chi connectivity index (χ1n) is 7.83. The van der Waals surface area contributed by atoms with Gasteiger partial charge in [-0.1, -0.05) is 41.9 Å². The fraction of sp³-hybridized carbons (Fsp3) is 0.158. The van der Waals surface area contributed by atoms with Crippen LogP contribution < -0.4 is 0 Å². The van der Waals surface area contributed by atoms with Crippen molar-refractivity contribution in [2.45, 2.75) is 19.4 Å². The molecule has 1 unspecified atom stereocenters. The Bertz CT molecular complexity index is 960. The summed E-state index contributed by atoms with van der Waals surface area (Å²) in [6.07, 6.45) is 2.56. The molecule has 1 N–H and O–H groups in total. The average molecular weight is 338 g/mol. The summed E-state index contributed by atoms with van der Waals surface area (Å²) in [5.74, 6) is -0.0745. The topological polar surface area (TPSA) is 48.5 Å². The van der Waals surface area contributed by atoms with E-state index in [1.807, 2.05) is 48.7 Å². The molecular formula is C19H16ClN3O. The van der Waals surface area contributed by atoms with Crippen molar-refractivity contribution in [3.63, 3.8) is 0 Å². The number of rotatable bonds is 2. The third-order valence-electron chi connectivity index (χ3n) is 4.41. The summed E-state index contributed by atoms with van der Waals surface area (Å²) in [6.45, 7) is 1.54. The number of carbonyl (C=O) groups is 1. The Labute approximate surface area is 144 Å². The van der Waals surface area contributed by atoms with E-state index in [0.717, 1.165) is 27.7 Å². The van der Waals surface area contributed by atoms with Crippen LogP contribution in [0.2, 0.25) is 5.02 Å². The smallest absolute Gasteiger partial charge is 0.240 e. The second-order valence-corrected chi connectivity index (χ2v) is 6.30. The molecule has 1 atom stereocenters. The Hall–Kier alpha value is -2.59. The van der Waals surface area contributed by atoms with Crippen molar-refractivity contribution >= 4 is 34.1 Å². The van der Waals surface area contributed by atoms with Crippen LogP contribution in [-0.4, -0.2) is 21.6 Å². The van der Waals surface area contributed by atoms with Gasteiger partial charge in [-0.05, 0) is 23.8 Å². The van der Waals surface area contributed by atoms with E-state index in [1.165, 1.54) is 0 Å². The van der Waals surface area contributed by atoms with Gasteiger partial charge >= 0.3 is 0 Å². The first-order chi connectivity index (χ1) is 11.6. The third-order valence-corrected chi connectivity index (χ3v) is 4.74.